The predicted molar refractivity (Wildman–Crippen MR) is 86.5 cm³/mol. The lowest BCUT2D eigenvalue weighted by molar-refractivity contribution is 0.0694. The largest absolute Gasteiger partial charge is 0.337 e. The third kappa shape index (κ3) is 3.71. The van der Waals surface area contributed by atoms with E-state index in [1.807, 2.05) is 35.2 Å². The normalized spacial score (nSPS) is 18.7. The van der Waals surface area contributed by atoms with Gasteiger partial charge in [0.05, 0.1) is 0 Å². The summed E-state index contributed by atoms with van der Waals surface area (Å²) < 4.78 is 0. The van der Waals surface area contributed by atoms with Crippen molar-refractivity contribution in [3.63, 3.8) is 0 Å². The number of thiophene rings is 1. The first-order valence-corrected chi connectivity index (χ1v) is 8.36. The topological polar surface area (TPSA) is 32.3 Å². The van der Waals surface area contributed by atoms with Gasteiger partial charge >= 0.3 is 0 Å². The molecule has 1 unspecified atom stereocenters. The average Bonchev–Trinajstić information content (AvgIpc) is 3.07. The van der Waals surface area contributed by atoms with Crippen LogP contribution < -0.4 is 5.32 Å². The molecule has 0 saturated carbocycles. The molecular weight excluding hydrogens is 280 g/mol. The third-order valence-corrected chi connectivity index (χ3v) is 4.64. The van der Waals surface area contributed by atoms with Gasteiger partial charge in [-0.25, -0.2) is 0 Å². The highest BCUT2D eigenvalue weighted by Crippen LogP contribution is 2.15. The minimum absolute atomic E-state index is 0.151. The van der Waals surface area contributed by atoms with Crippen molar-refractivity contribution in [2.45, 2.75) is 25.4 Å². The lowest BCUT2D eigenvalue weighted by atomic mass is 10.0. The minimum atomic E-state index is 0.151. The SMILES string of the molecule is O=C(c1ccccc1)N1CCCC(NCc2ccsc2)C1. The van der Waals surface area contributed by atoms with Crippen LogP contribution in [-0.4, -0.2) is 29.9 Å². The lowest BCUT2D eigenvalue weighted by Crippen LogP contribution is -2.47. The summed E-state index contributed by atoms with van der Waals surface area (Å²) in [6.07, 6.45) is 2.21. The molecule has 0 spiro atoms. The first-order chi connectivity index (χ1) is 10.3. The summed E-state index contributed by atoms with van der Waals surface area (Å²) >= 11 is 1.72. The van der Waals surface area contributed by atoms with Gasteiger partial charge < -0.3 is 10.2 Å². The molecule has 1 aliphatic rings. The summed E-state index contributed by atoms with van der Waals surface area (Å²) in [6.45, 7) is 2.56. The Balaban J connectivity index is 1.56. The van der Waals surface area contributed by atoms with Crippen LogP contribution in [-0.2, 0) is 6.54 Å². The molecule has 2 heterocycles. The maximum absolute atomic E-state index is 12.5. The molecule has 110 valence electrons. The van der Waals surface area contributed by atoms with Crippen LogP contribution in [0.1, 0.15) is 28.8 Å². The molecule has 1 atom stereocenters. The second-order valence-corrected chi connectivity index (χ2v) is 6.25. The Morgan fingerprint density at radius 2 is 2.14 bits per heavy atom. The van der Waals surface area contributed by atoms with Gasteiger partial charge in [-0.05, 0) is 47.4 Å². The van der Waals surface area contributed by atoms with E-state index in [0.717, 1.165) is 38.0 Å². The van der Waals surface area contributed by atoms with E-state index < -0.39 is 0 Å². The highest BCUT2D eigenvalue weighted by atomic mass is 32.1. The van der Waals surface area contributed by atoms with E-state index in [9.17, 15) is 4.79 Å². The summed E-state index contributed by atoms with van der Waals surface area (Å²) in [5.74, 6) is 0.151. The predicted octanol–water partition coefficient (Wildman–Crippen LogP) is 3.14. The molecular formula is C17H20N2OS. The molecule has 1 aromatic heterocycles. The number of nitrogens with one attached hydrogen (secondary N) is 1. The standard InChI is InChI=1S/C17H20N2OS/c20-17(15-5-2-1-3-6-15)19-9-4-7-16(12-19)18-11-14-8-10-21-13-14/h1-3,5-6,8,10,13,16,18H,4,7,9,11-12H2. The van der Waals surface area contributed by atoms with Crippen LogP contribution in [0.5, 0.6) is 0 Å². The fourth-order valence-corrected chi connectivity index (χ4v) is 3.42. The van der Waals surface area contributed by atoms with E-state index in [1.165, 1.54) is 5.56 Å². The number of hydrogen-bond acceptors (Lipinski definition) is 3. The number of carbonyl (C=O) groups is 1. The van der Waals surface area contributed by atoms with Gasteiger partial charge in [0.15, 0.2) is 0 Å². The quantitative estimate of drug-likeness (QED) is 0.941. The first-order valence-electron chi connectivity index (χ1n) is 7.42. The third-order valence-electron chi connectivity index (χ3n) is 3.90. The molecule has 0 bridgehead atoms. The zero-order chi connectivity index (χ0) is 14.5. The molecule has 0 aliphatic carbocycles. The number of amides is 1. The Kier molecular flexibility index (Phi) is 4.68. The van der Waals surface area contributed by atoms with Crippen LogP contribution in [0.3, 0.4) is 0 Å². The van der Waals surface area contributed by atoms with E-state index in [0.29, 0.717) is 6.04 Å². The first kappa shape index (κ1) is 14.3. The number of nitrogens with zero attached hydrogens (tertiary/aromatic N) is 1. The van der Waals surface area contributed by atoms with Gasteiger partial charge in [-0.3, -0.25) is 4.79 Å². The van der Waals surface area contributed by atoms with Gasteiger partial charge in [0.2, 0.25) is 0 Å². The van der Waals surface area contributed by atoms with Gasteiger partial charge in [0.25, 0.3) is 5.91 Å². The van der Waals surface area contributed by atoms with Crippen molar-refractivity contribution < 1.29 is 4.79 Å². The highest BCUT2D eigenvalue weighted by molar-refractivity contribution is 7.07. The van der Waals surface area contributed by atoms with E-state index in [1.54, 1.807) is 11.3 Å². The van der Waals surface area contributed by atoms with Crippen molar-refractivity contribution in [1.82, 2.24) is 10.2 Å². The van der Waals surface area contributed by atoms with E-state index in [2.05, 4.69) is 22.1 Å². The van der Waals surface area contributed by atoms with Crippen LogP contribution in [0.2, 0.25) is 0 Å². The summed E-state index contributed by atoms with van der Waals surface area (Å²) in [6, 6.07) is 12.1. The number of piperidine rings is 1. The van der Waals surface area contributed by atoms with Gasteiger partial charge in [0.1, 0.15) is 0 Å². The van der Waals surface area contributed by atoms with Crippen LogP contribution in [0.25, 0.3) is 0 Å². The van der Waals surface area contributed by atoms with Gasteiger partial charge in [-0.2, -0.15) is 11.3 Å². The molecule has 1 N–H and O–H groups in total. The number of benzene rings is 1. The smallest absolute Gasteiger partial charge is 0.253 e. The fourth-order valence-electron chi connectivity index (χ4n) is 2.75. The summed E-state index contributed by atoms with van der Waals surface area (Å²) in [5, 5.41) is 7.84. The van der Waals surface area contributed by atoms with Gasteiger partial charge in [-0.15, -0.1) is 0 Å². The van der Waals surface area contributed by atoms with Crippen LogP contribution >= 0.6 is 11.3 Å². The van der Waals surface area contributed by atoms with Crippen LogP contribution in [0.4, 0.5) is 0 Å². The molecule has 1 fully saturated rings. The Morgan fingerprint density at radius 3 is 2.90 bits per heavy atom. The van der Waals surface area contributed by atoms with Crippen molar-refractivity contribution >= 4 is 17.2 Å². The fraction of sp³-hybridized carbons (Fsp3) is 0.353. The number of likely N-dealkylation sites (tertiary alicyclic amines) is 1. The molecule has 1 amide bonds. The minimum Gasteiger partial charge on any atom is -0.337 e. The lowest BCUT2D eigenvalue weighted by Gasteiger charge is -2.33. The molecule has 0 radical (unpaired) electrons. The highest BCUT2D eigenvalue weighted by Gasteiger charge is 2.23. The van der Waals surface area contributed by atoms with E-state index in [-0.39, 0.29) is 5.91 Å². The number of hydrogen-bond donors (Lipinski definition) is 1. The van der Waals surface area contributed by atoms with E-state index in [4.69, 9.17) is 0 Å². The Labute approximate surface area is 129 Å². The molecule has 1 aliphatic heterocycles. The molecule has 21 heavy (non-hydrogen) atoms. The summed E-state index contributed by atoms with van der Waals surface area (Å²) in [7, 11) is 0. The van der Waals surface area contributed by atoms with Crippen molar-refractivity contribution in [2.75, 3.05) is 13.1 Å². The zero-order valence-corrected chi connectivity index (χ0v) is 12.8. The monoisotopic (exact) mass is 300 g/mol. The Bertz CT molecular complexity index is 568. The van der Waals surface area contributed by atoms with Crippen molar-refractivity contribution in [1.29, 1.82) is 0 Å². The number of rotatable bonds is 4. The molecule has 3 nitrogen and oxygen atoms in total. The summed E-state index contributed by atoms with van der Waals surface area (Å²) in [5.41, 5.74) is 2.11. The van der Waals surface area contributed by atoms with Crippen molar-refractivity contribution in [2.24, 2.45) is 0 Å². The van der Waals surface area contributed by atoms with E-state index >= 15 is 0 Å². The maximum atomic E-state index is 12.5. The molecule has 2 aromatic rings. The molecule has 1 aromatic carbocycles. The second-order valence-electron chi connectivity index (χ2n) is 5.47. The van der Waals surface area contributed by atoms with Crippen LogP contribution in [0, 0.1) is 0 Å². The molecule has 4 heteroatoms. The average molecular weight is 300 g/mol. The maximum Gasteiger partial charge on any atom is 0.253 e. The zero-order valence-electron chi connectivity index (χ0n) is 12.0. The van der Waals surface area contributed by atoms with Crippen molar-refractivity contribution in [3.05, 3.63) is 58.3 Å². The van der Waals surface area contributed by atoms with Crippen molar-refractivity contribution in [3.8, 4) is 0 Å². The van der Waals surface area contributed by atoms with Gasteiger partial charge in [-0.1, -0.05) is 18.2 Å². The van der Waals surface area contributed by atoms with Gasteiger partial charge in [0, 0.05) is 31.2 Å². The molecule has 3 rings (SSSR count). The number of carbonyl (C=O) groups excluding carboxylic acids is 1. The Morgan fingerprint density at radius 1 is 1.29 bits per heavy atom. The van der Waals surface area contributed by atoms with Crippen LogP contribution in [0.15, 0.2) is 47.2 Å². The Hall–Kier alpha value is -1.65. The summed E-state index contributed by atoms with van der Waals surface area (Å²) in [4.78, 5) is 14.5. The second kappa shape index (κ2) is 6.87. The molecule has 1 saturated heterocycles.